The topological polar surface area (TPSA) is 69.7 Å². The Kier molecular flexibility index (Phi) is 4.73. The van der Waals surface area contributed by atoms with Crippen molar-refractivity contribution in [1.82, 2.24) is 9.80 Å². The van der Waals surface area contributed by atoms with Gasteiger partial charge in [-0.1, -0.05) is 0 Å². The van der Waals surface area contributed by atoms with Gasteiger partial charge in [0.05, 0.1) is 11.4 Å². The molecular formula is C17H20FN3O3S. The Balaban J connectivity index is 1.60. The van der Waals surface area contributed by atoms with Gasteiger partial charge in [0.15, 0.2) is 0 Å². The fourth-order valence-electron chi connectivity index (χ4n) is 3.28. The summed E-state index contributed by atoms with van der Waals surface area (Å²) in [5.74, 6) is -0.452. The third-order valence-electron chi connectivity index (χ3n) is 4.61. The van der Waals surface area contributed by atoms with Gasteiger partial charge in [-0.3, -0.25) is 14.4 Å². The van der Waals surface area contributed by atoms with Gasteiger partial charge < -0.3 is 15.1 Å². The van der Waals surface area contributed by atoms with E-state index in [4.69, 9.17) is 0 Å². The molecule has 0 aliphatic carbocycles. The minimum atomic E-state index is -0.520. The van der Waals surface area contributed by atoms with Crippen LogP contribution in [0.4, 0.5) is 10.1 Å². The van der Waals surface area contributed by atoms with Crippen LogP contribution >= 0.6 is 11.8 Å². The highest BCUT2D eigenvalue weighted by Crippen LogP contribution is 2.47. The molecule has 3 rings (SSSR count). The summed E-state index contributed by atoms with van der Waals surface area (Å²) in [4.78, 5) is 39.6. The first-order valence-electron chi connectivity index (χ1n) is 8.07. The molecule has 2 atom stereocenters. The average Bonchev–Trinajstić information content (AvgIpc) is 3.05. The molecule has 0 spiro atoms. The number of anilines is 1. The highest BCUT2D eigenvalue weighted by molar-refractivity contribution is 8.01. The Morgan fingerprint density at radius 2 is 2.08 bits per heavy atom. The SMILES string of the molecule is CN(CC(=O)Nc1ccc(F)cc1)C(=O)C1CSC2(C)CCC(=O)N12. The first-order valence-corrected chi connectivity index (χ1v) is 9.05. The van der Waals surface area contributed by atoms with E-state index >= 15 is 0 Å². The zero-order chi connectivity index (χ0) is 18.2. The van der Waals surface area contributed by atoms with E-state index in [1.807, 2.05) is 6.92 Å². The lowest BCUT2D eigenvalue weighted by molar-refractivity contribution is -0.143. The predicted molar refractivity (Wildman–Crippen MR) is 93.4 cm³/mol. The number of fused-ring (bicyclic) bond motifs is 1. The van der Waals surface area contributed by atoms with Gasteiger partial charge in [0, 0.05) is 24.9 Å². The maximum atomic E-state index is 12.9. The van der Waals surface area contributed by atoms with Gasteiger partial charge in [-0.05, 0) is 37.6 Å². The Hall–Kier alpha value is -2.09. The number of carbonyl (C=O) groups is 3. The van der Waals surface area contributed by atoms with Crippen molar-refractivity contribution in [1.29, 1.82) is 0 Å². The minimum absolute atomic E-state index is 0.00462. The second kappa shape index (κ2) is 6.67. The van der Waals surface area contributed by atoms with E-state index in [0.717, 1.165) is 6.42 Å². The van der Waals surface area contributed by atoms with Crippen LogP contribution in [0.1, 0.15) is 19.8 Å². The molecule has 0 bridgehead atoms. The van der Waals surface area contributed by atoms with Crippen molar-refractivity contribution >= 4 is 35.2 Å². The highest BCUT2D eigenvalue weighted by atomic mass is 32.2. The Bertz CT molecular complexity index is 712. The molecule has 2 heterocycles. The van der Waals surface area contributed by atoms with Gasteiger partial charge in [0.1, 0.15) is 11.9 Å². The lowest BCUT2D eigenvalue weighted by Gasteiger charge is -2.31. The number of carbonyl (C=O) groups excluding carboxylic acids is 3. The fraction of sp³-hybridized carbons (Fsp3) is 0.471. The average molecular weight is 365 g/mol. The molecule has 1 N–H and O–H groups in total. The maximum absolute atomic E-state index is 12.9. The van der Waals surface area contributed by atoms with Crippen LogP contribution in [0.15, 0.2) is 24.3 Å². The van der Waals surface area contributed by atoms with Crippen LogP contribution in [-0.2, 0) is 14.4 Å². The van der Waals surface area contributed by atoms with Gasteiger partial charge >= 0.3 is 0 Å². The molecule has 2 fully saturated rings. The monoisotopic (exact) mass is 365 g/mol. The predicted octanol–water partition coefficient (Wildman–Crippen LogP) is 1.68. The van der Waals surface area contributed by atoms with Crippen LogP contribution < -0.4 is 5.32 Å². The van der Waals surface area contributed by atoms with E-state index in [0.29, 0.717) is 17.9 Å². The number of benzene rings is 1. The van der Waals surface area contributed by atoms with E-state index in [1.165, 1.54) is 29.2 Å². The fourth-order valence-corrected chi connectivity index (χ4v) is 4.71. The van der Waals surface area contributed by atoms with Crippen molar-refractivity contribution in [3.63, 3.8) is 0 Å². The van der Waals surface area contributed by atoms with Gasteiger partial charge in [0.2, 0.25) is 17.7 Å². The Morgan fingerprint density at radius 3 is 2.76 bits per heavy atom. The summed E-state index contributed by atoms with van der Waals surface area (Å²) in [5, 5.41) is 2.62. The van der Waals surface area contributed by atoms with E-state index in [-0.39, 0.29) is 35.0 Å². The summed E-state index contributed by atoms with van der Waals surface area (Å²) in [6, 6.07) is 4.89. The second-order valence-corrected chi connectivity index (χ2v) is 8.02. The number of rotatable bonds is 4. The molecule has 3 amide bonds. The largest absolute Gasteiger partial charge is 0.335 e. The summed E-state index contributed by atoms with van der Waals surface area (Å²) < 4.78 is 12.9. The zero-order valence-electron chi connectivity index (χ0n) is 14.1. The standard InChI is InChI=1S/C17H20FN3O3S/c1-17-8-7-15(23)21(17)13(10-25-17)16(24)20(2)9-14(22)19-12-5-3-11(18)4-6-12/h3-6,13H,7-10H2,1-2H3,(H,19,22). The third-order valence-corrected chi connectivity index (χ3v) is 6.12. The van der Waals surface area contributed by atoms with Crippen molar-refractivity contribution in [3.8, 4) is 0 Å². The number of amides is 3. The molecule has 0 radical (unpaired) electrons. The van der Waals surface area contributed by atoms with E-state index in [2.05, 4.69) is 5.32 Å². The molecule has 2 unspecified atom stereocenters. The van der Waals surface area contributed by atoms with Crippen LogP contribution in [0.5, 0.6) is 0 Å². The lowest BCUT2D eigenvalue weighted by atomic mass is 10.2. The quantitative estimate of drug-likeness (QED) is 0.881. The van der Waals surface area contributed by atoms with Crippen LogP contribution in [0.25, 0.3) is 0 Å². The number of likely N-dealkylation sites (N-methyl/N-ethyl adjacent to an activating group) is 1. The number of nitrogens with one attached hydrogen (secondary N) is 1. The van der Waals surface area contributed by atoms with Gasteiger partial charge in [-0.2, -0.15) is 0 Å². The van der Waals surface area contributed by atoms with E-state index in [9.17, 15) is 18.8 Å². The van der Waals surface area contributed by atoms with Crippen molar-refractivity contribution in [2.24, 2.45) is 0 Å². The lowest BCUT2D eigenvalue weighted by Crippen LogP contribution is -2.51. The molecule has 0 saturated carbocycles. The molecule has 2 aliphatic rings. The van der Waals surface area contributed by atoms with Crippen LogP contribution in [-0.4, -0.2) is 57.8 Å². The molecule has 0 aromatic heterocycles. The summed E-state index contributed by atoms with van der Waals surface area (Å²) in [6.07, 6.45) is 1.21. The molecule has 1 aromatic rings. The molecule has 25 heavy (non-hydrogen) atoms. The number of thioether (sulfide) groups is 1. The van der Waals surface area contributed by atoms with Crippen LogP contribution in [0.3, 0.4) is 0 Å². The van der Waals surface area contributed by atoms with E-state index in [1.54, 1.807) is 23.7 Å². The first kappa shape index (κ1) is 17.7. The minimum Gasteiger partial charge on any atom is -0.335 e. The second-order valence-electron chi connectivity index (χ2n) is 6.51. The van der Waals surface area contributed by atoms with E-state index < -0.39 is 6.04 Å². The summed E-state index contributed by atoms with van der Waals surface area (Å²) in [7, 11) is 1.55. The number of hydrogen-bond acceptors (Lipinski definition) is 4. The molecule has 2 saturated heterocycles. The molecule has 2 aliphatic heterocycles. The number of hydrogen-bond donors (Lipinski definition) is 1. The van der Waals surface area contributed by atoms with Crippen molar-refractivity contribution in [3.05, 3.63) is 30.1 Å². The van der Waals surface area contributed by atoms with Crippen molar-refractivity contribution in [2.45, 2.75) is 30.7 Å². The van der Waals surface area contributed by atoms with Crippen LogP contribution in [0, 0.1) is 5.82 Å². The number of halogens is 1. The van der Waals surface area contributed by atoms with Crippen molar-refractivity contribution in [2.75, 3.05) is 24.7 Å². The third kappa shape index (κ3) is 3.49. The maximum Gasteiger partial charge on any atom is 0.246 e. The van der Waals surface area contributed by atoms with Gasteiger partial charge in [0.25, 0.3) is 0 Å². The summed E-state index contributed by atoms with van der Waals surface area (Å²) >= 11 is 1.62. The summed E-state index contributed by atoms with van der Waals surface area (Å²) in [5.41, 5.74) is 0.464. The zero-order valence-corrected chi connectivity index (χ0v) is 14.9. The Morgan fingerprint density at radius 1 is 1.40 bits per heavy atom. The first-order chi connectivity index (χ1) is 11.8. The highest BCUT2D eigenvalue weighted by Gasteiger charge is 2.53. The Labute approximate surface area is 149 Å². The smallest absolute Gasteiger partial charge is 0.246 e. The number of nitrogens with zero attached hydrogens (tertiary/aromatic N) is 2. The normalized spacial score (nSPS) is 25.0. The summed E-state index contributed by atoms with van der Waals surface area (Å²) in [6.45, 7) is 1.85. The molecular weight excluding hydrogens is 345 g/mol. The van der Waals surface area contributed by atoms with Crippen molar-refractivity contribution < 1.29 is 18.8 Å². The molecule has 134 valence electrons. The van der Waals surface area contributed by atoms with Gasteiger partial charge in [-0.15, -0.1) is 11.8 Å². The molecule has 8 heteroatoms. The van der Waals surface area contributed by atoms with Crippen LogP contribution in [0.2, 0.25) is 0 Å². The molecule has 1 aromatic carbocycles. The molecule has 6 nitrogen and oxygen atoms in total. The van der Waals surface area contributed by atoms with Gasteiger partial charge in [-0.25, -0.2) is 4.39 Å².